The van der Waals surface area contributed by atoms with Gasteiger partial charge < -0.3 is 0 Å². The molecular formula is C12H12S. The van der Waals surface area contributed by atoms with Gasteiger partial charge in [-0.2, -0.15) is 0 Å². The Labute approximate surface area is 82.5 Å². The fourth-order valence-electron chi connectivity index (χ4n) is 1.51. The molecule has 0 aliphatic rings. The van der Waals surface area contributed by atoms with E-state index in [1.54, 1.807) is 0 Å². The molecule has 0 nitrogen and oxygen atoms in total. The third kappa shape index (κ3) is 1.29. The molecule has 0 radical (unpaired) electrons. The Hall–Kier alpha value is -1.08. The highest BCUT2D eigenvalue weighted by Gasteiger charge is 2.03. The van der Waals surface area contributed by atoms with Crippen LogP contribution in [0.3, 0.4) is 0 Å². The van der Waals surface area contributed by atoms with Crippen molar-refractivity contribution in [3.63, 3.8) is 0 Å². The second-order valence-corrected chi connectivity index (χ2v) is 4.38. The number of rotatable bonds is 1. The molecule has 0 unspecified atom stereocenters. The number of hydrogen-bond acceptors (Lipinski definition) is 1. The first kappa shape index (κ1) is 8.52. The van der Waals surface area contributed by atoms with Crippen molar-refractivity contribution in [2.24, 2.45) is 0 Å². The summed E-state index contributed by atoms with van der Waals surface area (Å²) in [5.41, 5.74) is 2.71. The molecule has 1 aromatic heterocycles. The number of thiophene rings is 1. The van der Waals surface area contributed by atoms with Gasteiger partial charge in [0.05, 0.1) is 0 Å². The van der Waals surface area contributed by atoms with Gasteiger partial charge in [-0.05, 0) is 36.4 Å². The van der Waals surface area contributed by atoms with Crippen LogP contribution in [-0.4, -0.2) is 0 Å². The van der Waals surface area contributed by atoms with Crippen LogP contribution in [0.5, 0.6) is 0 Å². The average molecular weight is 188 g/mol. The van der Waals surface area contributed by atoms with Gasteiger partial charge in [0, 0.05) is 9.58 Å². The van der Waals surface area contributed by atoms with E-state index in [0.717, 1.165) is 0 Å². The zero-order valence-corrected chi connectivity index (χ0v) is 8.74. The molecule has 0 atom stereocenters. The molecule has 13 heavy (non-hydrogen) atoms. The van der Waals surface area contributed by atoms with Gasteiger partial charge in [-0.15, -0.1) is 11.3 Å². The molecule has 0 spiro atoms. The van der Waals surface area contributed by atoms with Crippen molar-refractivity contribution in [1.82, 2.24) is 0 Å². The molecule has 0 amide bonds. The van der Waals surface area contributed by atoms with Crippen LogP contribution in [0.4, 0.5) is 0 Å². The first-order valence-corrected chi connectivity index (χ1v) is 5.16. The van der Waals surface area contributed by atoms with Crippen molar-refractivity contribution in [3.05, 3.63) is 40.8 Å². The molecule has 0 saturated carbocycles. The topological polar surface area (TPSA) is 0 Å². The SMILES string of the molecule is C=Cc1cc2c(C)ccc(C)c2s1. The lowest BCUT2D eigenvalue weighted by molar-refractivity contribution is 1.48. The van der Waals surface area contributed by atoms with Gasteiger partial charge in [-0.25, -0.2) is 0 Å². The molecule has 1 heterocycles. The highest BCUT2D eigenvalue weighted by molar-refractivity contribution is 7.20. The third-order valence-electron chi connectivity index (χ3n) is 2.32. The van der Waals surface area contributed by atoms with Gasteiger partial charge in [-0.1, -0.05) is 24.8 Å². The average Bonchev–Trinajstić information content (AvgIpc) is 2.56. The Morgan fingerprint density at radius 1 is 1.23 bits per heavy atom. The van der Waals surface area contributed by atoms with Crippen molar-refractivity contribution in [3.8, 4) is 0 Å². The van der Waals surface area contributed by atoms with Gasteiger partial charge in [0.2, 0.25) is 0 Å². The van der Waals surface area contributed by atoms with Crippen LogP contribution in [0, 0.1) is 13.8 Å². The molecule has 0 N–H and O–H groups in total. The van der Waals surface area contributed by atoms with E-state index in [1.165, 1.54) is 26.1 Å². The van der Waals surface area contributed by atoms with E-state index in [4.69, 9.17) is 0 Å². The maximum absolute atomic E-state index is 3.80. The van der Waals surface area contributed by atoms with E-state index in [-0.39, 0.29) is 0 Å². The predicted octanol–water partition coefficient (Wildman–Crippen LogP) is 4.16. The standard InChI is InChI=1S/C12H12S/c1-4-10-7-11-8(2)5-6-9(3)12(11)13-10/h4-7H,1H2,2-3H3. The first-order valence-electron chi connectivity index (χ1n) is 4.34. The summed E-state index contributed by atoms with van der Waals surface area (Å²) in [6.45, 7) is 8.11. The zero-order chi connectivity index (χ0) is 9.42. The van der Waals surface area contributed by atoms with E-state index >= 15 is 0 Å². The molecule has 0 fully saturated rings. The largest absolute Gasteiger partial charge is 0.136 e. The van der Waals surface area contributed by atoms with E-state index in [0.29, 0.717) is 0 Å². The number of hydrogen-bond donors (Lipinski definition) is 0. The zero-order valence-electron chi connectivity index (χ0n) is 7.92. The van der Waals surface area contributed by atoms with Gasteiger partial charge in [-0.3, -0.25) is 0 Å². The van der Waals surface area contributed by atoms with Crippen LogP contribution in [0.2, 0.25) is 0 Å². The molecule has 2 rings (SSSR count). The quantitative estimate of drug-likeness (QED) is 0.630. The summed E-state index contributed by atoms with van der Waals surface area (Å²) >= 11 is 1.82. The summed E-state index contributed by atoms with van der Waals surface area (Å²) in [7, 11) is 0. The molecule has 0 bridgehead atoms. The lowest BCUT2D eigenvalue weighted by atomic mass is 10.1. The lowest BCUT2D eigenvalue weighted by Crippen LogP contribution is -1.75. The van der Waals surface area contributed by atoms with Crippen molar-refractivity contribution in [1.29, 1.82) is 0 Å². The second-order valence-electron chi connectivity index (χ2n) is 3.30. The van der Waals surface area contributed by atoms with Crippen LogP contribution in [0.1, 0.15) is 16.0 Å². The lowest BCUT2D eigenvalue weighted by Gasteiger charge is -1.97. The van der Waals surface area contributed by atoms with Crippen LogP contribution < -0.4 is 0 Å². The predicted molar refractivity (Wildman–Crippen MR) is 61.4 cm³/mol. The maximum Gasteiger partial charge on any atom is 0.0380 e. The molecule has 1 heteroatoms. The molecule has 2 aromatic rings. The smallest absolute Gasteiger partial charge is 0.0380 e. The fraction of sp³-hybridized carbons (Fsp3) is 0.167. The summed E-state index contributed by atoms with van der Waals surface area (Å²) in [5, 5.41) is 1.37. The van der Waals surface area contributed by atoms with Crippen LogP contribution >= 0.6 is 11.3 Å². The van der Waals surface area contributed by atoms with E-state index < -0.39 is 0 Å². The number of aryl methyl sites for hydroxylation is 2. The Morgan fingerprint density at radius 3 is 2.54 bits per heavy atom. The molecule has 0 saturated heterocycles. The van der Waals surface area contributed by atoms with Gasteiger partial charge in [0.15, 0.2) is 0 Å². The van der Waals surface area contributed by atoms with Gasteiger partial charge in [0.25, 0.3) is 0 Å². The van der Waals surface area contributed by atoms with Crippen LogP contribution in [0.15, 0.2) is 24.8 Å². The monoisotopic (exact) mass is 188 g/mol. The normalized spacial score (nSPS) is 10.6. The van der Waals surface area contributed by atoms with Gasteiger partial charge >= 0.3 is 0 Å². The minimum Gasteiger partial charge on any atom is -0.136 e. The van der Waals surface area contributed by atoms with E-state index in [1.807, 2.05) is 17.4 Å². The van der Waals surface area contributed by atoms with Crippen molar-refractivity contribution in [2.45, 2.75) is 13.8 Å². The summed E-state index contributed by atoms with van der Waals surface area (Å²) in [4.78, 5) is 1.26. The molecule has 66 valence electrons. The summed E-state index contributed by atoms with van der Waals surface area (Å²) in [5.74, 6) is 0. The summed E-state index contributed by atoms with van der Waals surface area (Å²) < 4.78 is 1.40. The summed E-state index contributed by atoms with van der Waals surface area (Å²) in [6, 6.07) is 6.58. The van der Waals surface area contributed by atoms with Crippen molar-refractivity contribution < 1.29 is 0 Å². The molecule has 0 aliphatic carbocycles. The van der Waals surface area contributed by atoms with E-state index in [2.05, 4.69) is 38.6 Å². The van der Waals surface area contributed by atoms with Crippen LogP contribution in [-0.2, 0) is 0 Å². The fourth-order valence-corrected chi connectivity index (χ4v) is 2.57. The van der Waals surface area contributed by atoms with Crippen molar-refractivity contribution in [2.75, 3.05) is 0 Å². The Kier molecular flexibility index (Phi) is 1.97. The minimum absolute atomic E-state index is 1.26. The molecule has 1 aromatic carbocycles. The summed E-state index contributed by atoms with van der Waals surface area (Å²) in [6.07, 6.45) is 1.92. The first-order chi connectivity index (χ1) is 6.22. The number of benzene rings is 1. The van der Waals surface area contributed by atoms with Gasteiger partial charge in [0.1, 0.15) is 0 Å². The van der Waals surface area contributed by atoms with Crippen LogP contribution in [0.25, 0.3) is 16.2 Å². The Bertz CT molecular complexity index is 424. The Morgan fingerprint density at radius 2 is 1.92 bits per heavy atom. The Balaban J connectivity index is 2.87. The third-order valence-corrected chi connectivity index (χ3v) is 3.58. The van der Waals surface area contributed by atoms with E-state index in [9.17, 15) is 0 Å². The highest BCUT2D eigenvalue weighted by Crippen LogP contribution is 2.31. The molecule has 0 aliphatic heterocycles. The second kappa shape index (κ2) is 3.00. The maximum atomic E-state index is 3.80. The molecular weight excluding hydrogens is 176 g/mol. The van der Waals surface area contributed by atoms with Crippen molar-refractivity contribution >= 4 is 27.5 Å². The number of fused-ring (bicyclic) bond motifs is 1. The minimum atomic E-state index is 1.26. The highest BCUT2D eigenvalue weighted by atomic mass is 32.1.